The number of thiocarbonyl (C=S) groups is 1. The lowest BCUT2D eigenvalue weighted by Crippen LogP contribution is -2.55. The molecule has 0 unspecified atom stereocenters. The fraction of sp³-hybridized carbons (Fsp3) is 0.462. The second-order valence-electron chi connectivity index (χ2n) is 10.2. The van der Waals surface area contributed by atoms with Crippen molar-refractivity contribution < 1.29 is 22.7 Å². The summed E-state index contributed by atoms with van der Waals surface area (Å²) in [6.07, 6.45) is 2.63. The molecule has 1 aromatic heterocycles. The number of ether oxygens (including phenoxy) is 1. The molecule has 1 saturated carbocycles. The van der Waals surface area contributed by atoms with Crippen molar-refractivity contribution in [2.24, 2.45) is 0 Å². The van der Waals surface area contributed by atoms with E-state index in [1.807, 2.05) is 24.3 Å². The summed E-state index contributed by atoms with van der Waals surface area (Å²) in [5.41, 5.74) is -2.31. The Labute approximate surface area is 217 Å². The summed E-state index contributed by atoms with van der Waals surface area (Å²) < 4.78 is 46.9. The summed E-state index contributed by atoms with van der Waals surface area (Å²) in [6.45, 7) is 0. The number of amides is 1. The van der Waals surface area contributed by atoms with Gasteiger partial charge in [-0.2, -0.15) is 18.4 Å². The maximum absolute atomic E-state index is 13.6. The third-order valence-electron chi connectivity index (χ3n) is 7.96. The molecule has 1 spiro atoms. The van der Waals surface area contributed by atoms with E-state index in [0.717, 1.165) is 42.2 Å². The van der Waals surface area contributed by atoms with Gasteiger partial charge in [0.05, 0.1) is 17.4 Å². The minimum absolute atomic E-state index is 0.0907. The largest absolute Gasteiger partial charge is 0.490 e. The van der Waals surface area contributed by atoms with Crippen LogP contribution in [0.2, 0.25) is 0 Å². The molecule has 2 bridgehead atoms. The first-order valence-electron chi connectivity index (χ1n) is 12.4. The first-order chi connectivity index (χ1) is 17.7. The van der Waals surface area contributed by atoms with Crippen molar-refractivity contribution in [1.82, 2.24) is 10.3 Å². The van der Waals surface area contributed by atoms with Crippen LogP contribution >= 0.6 is 12.2 Å². The van der Waals surface area contributed by atoms with E-state index in [4.69, 9.17) is 22.2 Å². The molecule has 1 N–H and O–H groups in total. The predicted molar refractivity (Wildman–Crippen MR) is 133 cm³/mol. The lowest BCUT2D eigenvalue weighted by Gasteiger charge is -2.43. The van der Waals surface area contributed by atoms with Crippen LogP contribution in [0.25, 0.3) is 0 Å². The zero-order valence-electron chi connectivity index (χ0n) is 19.8. The van der Waals surface area contributed by atoms with Crippen molar-refractivity contribution in [2.75, 3.05) is 9.80 Å². The zero-order chi connectivity index (χ0) is 25.9. The number of nitrogens with one attached hydrogen (secondary N) is 1. The molecule has 4 aliphatic rings. The minimum atomic E-state index is -4.80. The van der Waals surface area contributed by atoms with Gasteiger partial charge in [0, 0.05) is 17.8 Å². The van der Waals surface area contributed by atoms with Crippen molar-refractivity contribution in [3.8, 4) is 11.8 Å². The van der Waals surface area contributed by atoms with Crippen LogP contribution in [-0.4, -0.2) is 39.7 Å². The van der Waals surface area contributed by atoms with Crippen molar-refractivity contribution in [3.05, 3.63) is 47.8 Å². The van der Waals surface area contributed by atoms with E-state index in [-0.39, 0.29) is 22.8 Å². The fourth-order valence-corrected chi connectivity index (χ4v) is 6.53. The number of piperidine rings is 1. The summed E-state index contributed by atoms with van der Waals surface area (Å²) >= 11 is 5.67. The number of nitrogens with zero attached hydrogens (tertiary/aromatic N) is 4. The van der Waals surface area contributed by atoms with Crippen LogP contribution in [0.5, 0.6) is 5.75 Å². The first-order valence-corrected chi connectivity index (χ1v) is 12.8. The molecule has 6 rings (SSSR count). The van der Waals surface area contributed by atoms with Crippen LogP contribution in [0.15, 0.2) is 36.5 Å². The highest BCUT2D eigenvalue weighted by Gasteiger charge is 2.59. The average Bonchev–Trinajstić information content (AvgIpc) is 3.30. The van der Waals surface area contributed by atoms with E-state index in [9.17, 15) is 18.0 Å². The van der Waals surface area contributed by atoms with Gasteiger partial charge in [0.25, 0.3) is 5.91 Å². The number of pyridine rings is 1. The van der Waals surface area contributed by atoms with Gasteiger partial charge < -0.3 is 15.0 Å². The summed E-state index contributed by atoms with van der Waals surface area (Å²) in [5, 5.41) is 12.8. The van der Waals surface area contributed by atoms with Gasteiger partial charge in [0.15, 0.2) is 10.8 Å². The molecule has 1 aromatic carbocycles. The lowest BCUT2D eigenvalue weighted by atomic mass is 9.75. The quantitative estimate of drug-likeness (QED) is 0.578. The molecule has 4 fully saturated rings. The molecule has 1 amide bonds. The van der Waals surface area contributed by atoms with Crippen LogP contribution in [0, 0.1) is 11.3 Å². The number of fused-ring (bicyclic) bond motifs is 2. The number of alkyl halides is 3. The molecule has 11 heteroatoms. The van der Waals surface area contributed by atoms with Gasteiger partial charge in [-0.05, 0) is 87.5 Å². The van der Waals surface area contributed by atoms with E-state index in [1.54, 1.807) is 4.90 Å². The van der Waals surface area contributed by atoms with Crippen LogP contribution in [0.3, 0.4) is 0 Å². The standard InChI is InChI=1S/C26H24F3N5O2S/c27-26(28,29)21-12-18(14-31-22(21)13-30)33-23(35)25(8-1-9-25)34(24(33)37)17-4-6-19(7-5-17)36-20-10-15-2-3-16(11-20)32-15/h4-7,12,14-16,20,32H,1-3,8-11H2/t15-,16+,20+. The number of rotatable bonds is 4. The zero-order valence-corrected chi connectivity index (χ0v) is 20.6. The Balaban J connectivity index is 1.28. The molecule has 4 heterocycles. The number of aromatic nitrogens is 1. The van der Waals surface area contributed by atoms with Gasteiger partial charge in [-0.15, -0.1) is 0 Å². The van der Waals surface area contributed by atoms with Crippen LogP contribution in [0.4, 0.5) is 24.5 Å². The number of carbonyl (C=O) groups is 1. The molecule has 7 nitrogen and oxygen atoms in total. The smallest absolute Gasteiger partial charge is 0.419 e. The monoisotopic (exact) mass is 527 g/mol. The summed E-state index contributed by atoms with van der Waals surface area (Å²) in [7, 11) is 0. The van der Waals surface area contributed by atoms with Gasteiger partial charge in [0.1, 0.15) is 23.5 Å². The SMILES string of the molecule is N#Cc1ncc(N2C(=O)C3(CCC3)N(c3ccc(O[C@H]4C[C@H]5CC[C@@H](C4)N5)cc3)C2=S)cc1C(F)(F)F. The summed E-state index contributed by atoms with van der Waals surface area (Å²) in [4.78, 5) is 20.1. The minimum Gasteiger partial charge on any atom is -0.490 e. The Kier molecular flexibility index (Phi) is 5.65. The van der Waals surface area contributed by atoms with Gasteiger partial charge in [-0.25, -0.2) is 4.98 Å². The molecule has 192 valence electrons. The van der Waals surface area contributed by atoms with Gasteiger partial charge in [0.2, 0.25) is 0 Å². The second-order valence-corrected chi connectivity index (χ2v) is 10.6. The third kappa shape index (κ3) is 3.94. The molecular weight excluding hydrogens is 503 g/mol. The van der Waals surface area contributed by atoms with Crippen LogP contribution < -0.4 is 19.9 Å². The maximum Gasteiger partial charge on any atom is 0.419 e. The van der Waals surface area contributed by atoms with Crippen molar-refractivity contribution in [3.63, 3.8) is 0 Å². The molecule has 3 aliphatic heterocycles. The Morgan fingerprint density at radius 3 is 2.38 bits per heavy atom. The van der Waals surface area contributed by atoms with E-state index in [2.05, 4.69) is 10.3 Å². The van der Waals surface area contributed by atoms with Gasteiger partial charge in [-0.1, -0.05) is 0 Å². The normalized spacial score (nSPS) is 26.4. The molecule has 2 aromatic rings. The molecule has 0 radical (unpaired) electrons. The number of carbonyl (C=O) groups excluding carboxylic acids is 1. The van der Waals surface area contributed by atoms with Crippen molar-refractivity contribution in [2.45, 2.75) is 74.8 Å². The number of hydrogen-bond donors (Lipinski definition) is 1. The Bertz CT molecular complexity index is 1290. The average molecular weight is 528 g/mol. The molecule has 3 atom stereocenters. The van der Waals surface area contributed by atoms with E-state index in [1.165, 1.54) is 18.9 Å². The second kappa shape index (κ2) is 8.67. The predicted octanol–water partition coefficient (Wildman–Crippen LogP) is 4.69. The number of hydrogen-bond acceptors (Lipinski definition) is 6. The lowest BCUT2D eigenvalue weighted by molar-refractivity contribution is -0.138. The first kappa shape index (κ1) is 24.1. The highest BCUT2D eigenvalue weighted by molar-refractivity contribution is 7.81. The number of halogens is 3. The number of benzene rings is 1. The molecule has 37 heavy (non-hydrogen) atoms. The molecule has 3 saturated heterocycles. The van der Waals surface area contributed by atoms with Crippen molar-refractivity contribution in [1.29, 1.82) is 5.26 Å². The molecular formula is C26H24F3N5O2S. The van der Waals surface area contributed by atoms with E-state index >= 15 is 0 Å². The highest BCUT2D eigenvalue weighted by atomic mass is 32.1. The van der Waals surface area contributed by atoms with Crippen LogP contribution in [-0.2, 0) is 11.0 Å². The third-order valence-corrected chi connectivity index (χ3v) is 8.33. The molecule has 1 aliphatic carbocycles. The van der Waals surface area contributed by atoms with E-state index in [0.29, 0.717) is 30.6 Å². The Hall–Kier alpha value is -3.23. The Morgan fingerprint density at radius 2 is 1.81 bits per heavy atom. The van der Waals surface area contributed by atoms with Gasteiger partial charge >= 0.3 is 6.18 Å². The topological polar surface area (TPSA) is 81.5 Å². The fourth-order valence-electron chi connectivity index (χ4n) is 6.06. The van der Waals surface area contributed by atoms with Gasteiger partial charge in [-0.3, -0.25) is 9.69 Å². The maximum atomic E-state index is 13.6. The summed E-state index contributed by atoms with van der Waals surface area (Å²) in [6, 6.07) is 10.6. The summed E-state index contributed by atoms with van der Waals surface area (Å²) in [5.74, 6) is 0.353. The highest BCUT2D eigenvalue weighted by Crippen LogP contribution is 2.48. The number of nitriles is 1. The van der Waals surface area contributed by atoms with Crippen LogP contribution in [0.1, 0.15) is 56.2 Å². The van der Waals surface area contributed by atoms with Crippen molar-refractivity contribution >= 4 is 34.6 Å². The Morgan fingerprint density at radius 1 is 1.14 bits per heavy atom. The number of anilines is 2. The van der Waals surface area contributed by atoms with E-state index < -0.39 is 23.0 Å².